The van der Waals surface area contributed by atoms with E-state index < -0.39 is 36.8 Å². The van der Waals surface area contributed by atoms with Gasteiger partial charge in [-0.05, 0) is 31.0 Å². The highest BCUT2D eigenvalue weighted by molar-refractivity contribution is 5.96. The average Bonchev–Trinajstić information content (AvgIpc) is 3.36. The van der Waals surface area contributed by atoms with Crippen LogP contribution >= 0.6 is 0 Å². The normalized spacial score (nSPS) is 13.9. The van der Waals surface area contributed by atoms with Gasteiger partial charge < -0.3 is 15.4 Å². The van der Waals surface area contributed by atoms with Crippen molar-refractivity contribution in [3.05, 3.63) is 47.9 Å². The van der Waals surface area contributed by atoms with Crippen molar-refractivity contribution in [1.82, 2.24) is 15.1 Å². The van der Waals surface area contributed by atoms with Crippen LogP contribution in [0.15, 0.2) is 36.5 Å². The summed E-state index contributed by atoms with van der Waals surface area (Å²) in [5.74, 6) is -1.87. The molecule has 1 aliphatic rings. The zero-order valence-corrected chi connectivity index (χ0v) is 15.2. The lowest BCUT2D eigenvalue weighted by molar-refractivity contribution is -0.146. The molecule has 148 valence electrons. The molecule has 28 heavy (non-hydrogen) atoms. The fraction of sp³-hybridized carbons (Fsp3) is 0.368. The maximum absolute atomic E-state index is 13.1. The van der Waals surface area contributed by atoms with E-state index in [-0.39, 0.29) is 11.6 Å². The van der Waals surface area contributed by atoms with Crippen molar-refractivity contribution >= 4 is 23.6 Å². The molecule has 1 aromatic carbocycles. The highest BCUT2D eigenvalue weighted by Crippen LogP contribution is 2.31. The molecule has 0 aliphatic heterocycles. The van der Waals surface area contributed by atoms with Gasteiger partial charge in [0.15, 0.2) is 6.61 Å². The quantitative estimate of drug-likeness (QED) is 0.707. The van der Waals surface area contributed by atoms with E-state index in [0.717, 1.165) is 31.7 Å². The third kappa shape index (κ3) is 5.15. The van der Waals surface area contributed by atoms with Crippen LogP contribution in [-0.4, -0.2) is 40.7 Å². The Morgan fingerprint density at radius 2 is 2.00 bits per heavy atom. The molecular weight excluding hydrogens is 367 g/mol. The molecule has 1 fully saturated rings. The molecule has 2 N–H and O–H groups in total. The molecule has 0 bridgehead atoms. The molecule has 1 aliphatic carbocycles. The van der Waals surface area contributed by atoms with Crippen molar-refractivity contribution in [3.8, 4) is 0 Å². The maximum Gasteiger partial charge on any atom is 0.325 e. The number of hydrogen-bond donors (Lipinski definition) is 2. The largest absolute Gasteiger partial charge is 0.454 e. The zero-order valence-electron chi connectivity index (χ0n) is 15.2. The summed E-state index contributed by atoms with van der Waals surface area (Å²) in [4.78, 5) is 35.6. The van der Waals surface area contributed by atoms with Crippen LogP contribution in [0.25, 0.3) is 0 Å². The Kier molecular flexibility index (Phi) is 6.36. The minimum absolute atomic E-state index is 0.0886. The molecule has 2 amide bonds. The first-order chi connectivity index (χ1) is 13.5. The summed E-state index contributed by atoms with van der Waals surface area (Å²) in [7, 11) is 0. The number of anilines is 1. The summed E-state index contributed by atoms with van der Waals surface area (Å²) in [6, 6.07) is 7.04. The number of ether oxygens (including phenoxy) is 1. The molecule has 1 saturated carbocycles. The number of aromatic nitrogens is 2. The summed E-state index contributed by atoms with van der Waals surface area (Å²) < 4.78 is 19.7. The molecule has 8 nitrogen and oxygen atoms in total. The Hall–Kier alpha value is -3.23. The van der Waals surface area contributed by atoms with Crippen molar-refractivity contribution in [2.24, 2.45) is 0 Å². The lowest BCUT2D eigenvalue weighted by Gasteiger charge is -2.14. The number of benzene rings is 1. The van der Waals surface area contributed by atoms with Crippen LogP contribution < -0.4 is 10.6 Å². The Morgan fingerprint density at radius 1 is 1.21 bits per heavy atom. The highest BCUT2D eigenvalue weighted by atomic mass is 19.1. The number of nitrogens with one attached hydrogen (secondary N) is 2. The van der Waals surface area contributed by atoms with Gasteiger partial charge in [0.1, 0.15) is 18.2 Å². The van der Waals surface area contributed by atoms with Crippen molar-refractivity contribution in [2.75, 3.05) is 18.5 Å². The third-order valence-electron chi connectivity index (χ3n) is 4.45. The first kappa shape index (κ1) is 19.5. The molecule has 0 atom stereocenters. The Labute approximate surface area is 161 Å². The fourth-order valence-electron chi connectivity index (χ4n) is 3.11. The SMILES string of the molecule is O=C(COC(=O)CNC(=O)c1cccc(F)c1)Nc1ccnn1C1CCCC1. The molecule has 0 radical (unpaired) electrons. The minimum atomic E-state index is -0.774. The van der Waals surface area contributed by atoms with Crippen LogP contribution in [0.1, 0.15) is 42.1 Å². The third-order valence-corrected chi connectivity index (χ3v) is 4.45. The van der Waals surface area contributed by atoms with Crippen molar-refractivity contribution < 1.29 is 23.5 Å². The van der Waals surface area contributed by atoms with Gasteiger partial charge in [0, 0.05) is 11.6 Å². The number of carbonyl (C=O) groups is 3. The Balaban J connectivity index is 1.41. The summed E-state index contributed by atoms with van der Waals surface area (Å²) in [5.41, 5.74) is 0.0886. The van der Waals surface area contributed by atoms with Gasteiger partial charge in [-0.1, -0.05) is 18.9 Å². The number of rotatable bonds is 7. The predicted molar refractivity (Wildman–Crippen MR) is 98.1 cm³/mol. The zero-order chi connectivity index (χ0) is 19.9. The summed E-state index contributed by atoms with van der Waals surface area (Å²) in [6.07, 6.45) is 5.92. The fourth-order valence-corrected chi connectivity index (χ4v) is 3.11. The summed E-state index contributed by atoms with van der Waals surface area (Å²) in [5, 5.41) is 9.24. The number of amides is 2. The maximum atomic E-state index is 13.1. The van der Waals surface area contributed by atoms with E-state index in [1.807, 2.05) is 0 Å². The van der Waals surface area contributed by atoms with Crippen LogP contribution in [0.5, 0.6) is 0 Å². The number of carbonyl (C=O) groups excluding carboxylic acids is 3. The average molecular weight is 388 g/mol. The second kappa shape index (κ2) is 9.12. The predicted octanol–water partition coefficient (Wildman–Crippen LogP) is 2.05. The topological polar surface area (TPSA) is 102 Å². The molecule has 0 unspecified atom stereocenters. The number of nitrogens with zero attached hydrogens (tertiary/aromatic N) is 2. The Bertz CT molecular complexity index is 861. The van der Waals surface area contributed by atoms with E-state index in [4.69, 9.17) is 4.74 Å². The van der Waals surface area contributed by atoms with E-state index in [2.05, 4.69) is 15.7 Å². The van der Waals surface area contributed by atoms with Crippen LogP contribution in [0.2, 0.25) is 0 Å². The highest BCUT2D eigenvalue weighted by Gasteiger charge is 2.20. The summed E-state index contributed by atoms with van der Waals surface area (Å²) >= 11 is 0. The van der Waals surface area contributed by atoms with E-state index in [9.17, 15) is 18.8 Å². The standard InChI is InChI=1S/C19H21FN4O4/c20-14-5-3-4-13(10-14)19(27)21-11-18(26)28-12-17(25)23-16-8-9-22-24(16)15-6-1-2-7-15/h3-5,8-10,15H,1-2,6-7,11-12H2,(H,21,27)(H,23,25). The first-order valence-electron chi connectivity index (χ1n) is 9.05. The molecule has 2 aromatic rings. The molecular formula is C19H21FN4O4. The molecule has 1 heterocycles. The minimum Gasteiger partial charge on any atom is -0.454 e. The van der Waals surface area contributed by atoms with Crippen LogP contribution in [0.3, 0.4) is 0 Å². The van der Waals surface area contributed by atoms with E-state index >= 15 is 0 Å². The van der Waals surface area contributed by atoms with Gasteiger partial charge in [0.05, 0.1) is 12.2 Å². The lowest BCUT2D eigenvalue weighted by atomic mass is 10.2. The second-order valence-electron chi connectivity index (χ2n) is 6.50. The van der Waals surface area contributed by atoms with Crippen molar-refractivity contribution in [3.63, 3.8) is 0 Å². The van der Waals surface area contributed by atoms with Gasteiger partial charge in [-0.15, -0.1) is 0 Å². The van der Waals surface area contributed by atoms with Crippen molar-refractivity contribution in [1.29, 1.82) is 0 Å². The lowest BCUT2D eigenvalue weighted by Crippen LogP contribution is -2.32. The molecule has 3 rings (SSSR count). The molecule has 1 aromatic heterocycles. The first-order valence-corrected chi connectivity index (χ1v) is 9.05. The second-order valence-corrected chi connectivity index (χ2v) is 6.50. The number of esters is 1. The van der Waals surface area contributed by atoms with Gasteiger partial charge in [0.2, 0.25) is 0 Å². The smallest absolute Gasteiger partial charge is 0.325 e. The van der Waals surface area contributed by atoms with Crippen LogP contribution in [0, 0.1) is 5.82 Å². The molecule has 0 spiro atoms. The Morgan fingerprint density at radius 3 is 2.75 bits per heavy atom. The summed E-state index contributed by atoms with van der Waals surface area (Å²) in [6.45, 7) is -0.910. The molecule has 9 heteroatoms. The molecule has 0 saturated heterocycles. The van der Waals surface area contributed by atoms with E-state index in [1.54, 1.807) is 16.9 Å². The van der Waals surface area contributed by atoms with Gasteiger partial charge >= 0.3 is 5.97 Å². The van der Waals surface area contributed by atoms with Gasteiger partial charge in [-0.3, -0.25) is 14.4 Å². The van der Waals surface area contributed by atoms with Crippen molar-refractivity contribution in [2.45, 2.75) is 31.7 Å². The van der Waals surface area contributed by atoms with E-state index in [0.29, 0.717) is 5.82 Å². The number of halogens is 1. The van der Waals surface area contributed by atoms with Crippen LogP contribution in [0.4, 0.5) is 10.2 Å². The monoisotopic (exact) mass is 388 g/mol. The van der Waals surface area contributed by atoms with Crippen LogP contribution in [-0.2, 0) is 14.3 Å². The van der Waals surface area contributed by atoms with E-state index in [1.165, 1.54) is 18.2 Å². The van der Waals surface area contributed by atoms with Gasteiger partial charge in [-0.25, -0.2) is 9.07 Å². The van der Waals surface area contributed by atoms with Gasteiger partial charge in [-0.2, -0.15) is 5.10 Å². The van der Waals surface area contributed by atoms with Gasteiger partial charge in [0.25, 0.3) is 11.8 Å². The number of hydrogen-bond acceptors (Lipinski definition) is 5.